The van der Waals surface area contributed by atoms with Crippen molar-refractivity contribution in [1.29, 1.82) is 0 Å². The van der Waals surface area contributed by atoms with Crippen molar-refractivity contribution in [3.05, 3.63) is 18.2 Å². The molecule has 0 amide bonds. The minimum atomic E-state index is -0.410. The lowest BCUT2D eigenvalue weighted by molar-refractivity contribution is 0.0512. The van der Waals surface area contributed by atoms with Crippen molar-refractivity contribution in [2.75, 3.05) is 6.61 Å². The lowest BCUT2D eigenvalue weighted by Crippen LogP contribution is -2.08. The van der Waals surface area contributed by atoms with Gasteiger partial charge in [0.15, 0.2) is 0 Å². The summed E-state index contributed by atoms with van der Waals surface area (Å²) in [4.78, 5) is 16.0. The first kappa shape index (κ1) is 8.18. The van der Waals surface area contributed by atoms with E-state index in [1.165, 1.54) is 11.5 Å². The normalized spacial score (nSPS) is 10.5. The molecule has 2 heterocycles. The van der Waals surface area contributed by atoms with Gasteiger partial charge in [-0.25, -0.2) is 9.78 Å². The number of hydrogen-bond acceptors (Lipinski definition) is 5. The van der Waals surface area contributed by atoms with Crippen molar-refractivity contribution in [3.8, 4) is 0 Å². The van der Waals surface area contributed by atoms with Gasteiger partial charge in [0.05, 0.1) is 6.61 Å². The van der Waals surface area contributed by atoms with Gasteiger partial charge in [-0.15, -0.1) is 0 Å². The second-order valence-electron chi connectivity index (χ2n) is 2.31. The van der Waals surface area contributed by atoms with Crippen molar-refractivity contribution in [2.24, 2.45) is 0 Å². The highest BCUT2D eigenvalue weighted by Gasteiger charge is 2.14. The number of fused-ring (bicyclic) bond motifs is 1. The van der Waals surface area contributed by atoms with Crippen LogP contribution in [0.2, 0.25) is 0 Å². The third kappa shape index (κ3) is 1.29. The molecule has 0 bridgehead atoms. The molecule has 2 aromatic heterocycles. The van der Waals surface area contributed by atoms with Crippen LogP contribution in [0.25, 0.3) is 4.96 Å². The van der Waals surface area contributed by atoms with E-state index in [1.807, 2.05) is 0 Å². The number of nitrogens with zero attached hydrogens (tertiary/aromatic N) is 3. The molecule has 68 valence electrons. The average molecular weight is 197 g/mol. The fourth-order valence-corrected chi connectivity index (χ4v) is 1.65. The quantitative estimate of drug-likeness (QED) is 0.673. The summed E-state index contributed by atoms with van der Waals surface area (Å²) in [6.07, 6.45) is 3.31. The molecular formula is C7H7N3O2S. The van der Waals surface area contributed by atoms with Gasteiger partial charge in [0.1, 0.15) is 0 Å². The Kier molecular flexibility index (Phi) is 1.97. The topological polar surface area (TPSA) is 56.5 Å². The lowest BCUT2D eigenvalue weighted by atomic mass is 10.6. The lowest BCUT2D eigenvalue weighted by Gasteiger charge is -1.96. The molecule has 0 N–H and O–H groups in total. The summed E-state index contributed by atoms with van der Waals surface area (Å²) in [5.41, 5.74) is 0. The maximum Gasteiger partial charge on any atom is 0.376 e. The maximum absolute atomic E-state index is 11.3. The van der Waals surface area contributed by atoms with Gasteiger partial charge in [0.2, 0.25) is 10.8 Å². The van der Waals surface area contributed by atoms with Crippen molar-refractivity contribution in [2.45, 2.75) is 6.92 Å². The summed E-state index contributed by atoms with van der Waals surface area (Å²) in [5, 5.41) is 0. The summed E-state index contributed by atoms with van der Waals surface area (Å²) < 4.78 is 10.4. The molecule has 13 heavy (non-hydrogen) atoms. The Morgan fingerprint density at radius 3 is 3.38 bits per heavy atom. The minimum absolute atomic E-state index is 0.291. The van der Waals surface area contributed by atoms with Crippen LogP contribution in [0.1, 0.15) is 17.5 Å². The van der Waals surface area contributed by atoms with Crippen LogP contribution < -0.4 is 0 Å². The maximum atomic E-state index is 11.3. The monoisotopic (exact) mass is 197 g/mol. The zero-order chi connectivity index (χ0) is 9.26. The molecule has 0 aliphatic rings. The van der Waals surface area contributed by atoms with Crippen LogP contribution in [0.4, 0.5) is 0 Å². The molecule has 6 heteroatoms. The molecule has 0 atom stereocenters. The van der Waals surface area contributed by atoms with E-state index in [9.17, 15) is 4.79 Å². The van der Waals surface area contributed by atoms with E-state index in [2.05, 4.69) is 9.36 Å². The number of carbonyl (C=O) groups is 1. The van der Waals surface area contributed by atoms with E-state index in [4.69, 9.17) is 4.74 Å². The molecule has 0 fully saturated rings. The van der Waals surface area contributed by atoms with Crippen LogP contribution in [0.15, 0.2) is 12.4 Å². The number of aromatic nitrogens is 3. The van der Waals surface area contributed by atoms with Gasteiger partial charge in [-0.05, 0) is 6.92 Å². The van der Waals surface area contributed by atoms with Crippen molar-refractivity contribution >= 4 is 22.5 Å². The summed E-state index contributed by atoms with van der Waals surface area (Å²) in [7, 11) is 0. The van der Waals surface area contributed by atoms with Crippen LogP contribution in [-0.4, -0.2) is 26.3 Å². The summed E-state index contributed by atoms with van der Waals surface area (Å²) in [6.45, 7) is 2.11. The fraction of sp³-hybridized carbons (Fsp3) is 0.286. The molecule has 2 rings (SSSR count). The number of imidazole rings is 1. The van der Waals surface area contributed by atoms with E-state index < -0.39 is 5.97 Å². The van der Waals surface area contributed by atoms with Gasteiger partial charge in [-0.1, -0.05) is 0 Å². The molecular weight excluding hydrogens is 190 g/mol. The largest absolute Gasteiger partial charge is 0.460 e. The Morgan fingerprint density at radius 1 is 1.77 bits per heavy atom. The highest BCUT2D eigenvalue weighted by atomic mass is 32.1. The van der Waals surface area contributed by atoms with E-state index in [1.54, 1.807) is 23.7 Å². The zero-order valence-corrected chi connectivity index (χ0v) is 7.74. The zero-order valence-electron chi connectivity index (χ0n) is 6.93. The third-order valence-electron chi connectivity index (χ3n) is 1.51. The Labute approximate surface area is 78.1 Å². The summed E-state index contributed by atoms with van der Waals surface area (Å²) in [5.74, 6) is -0.119. The molecule has 0 saturated heterocycles. The Bertz CT molecular complexity index is 434. The molecule has 0 saturated carbocycles. The molecule has 0 aliphatic heterocycles. The number of ether oxygens (including phenoxy) is 1. The predicted octanol–water partition coefficient (Wildman–Crippen LogP) is 0.968. The SMILES string of the molecule is CCOC(=O)c1nsc2nccn12. The first-order valence-electron chi connectivity index (χ1n) is 3.78. The smallest absolute Gasteiger partial charge is 0.376 e. The highest BCUT2D eigenvalue weighted by Crippen LogP contribution is 2.10. The minimum Gasteiger partial charge on any atom is -0.460 e. The predicted molar refractivity (Wildman–Crippen MR) is 46.8 cm³/mol. The molecule has 0 unspecified atom stereocenters. The van der Waals surface area contributed by atoms with E-state index >= 15 is 0 Å². The van der Waals surface area contributed by atoms with Gasteiger partial charge in [0, 0.05) is 23.9 Å². The number of rotatable bonds is 2. The van der Waals surface area contributed by atoms with E-state index in [0.717, 1.165) is 0 Å². The van der Waals surface area contributed by atoms with Gasteiger partial charge in [-0.2, -0.15) is 4.37 Å². The number of hydrogen-bond donors (Lipinski definition) is 0. The summed E-state index contributed by atoms with van der Waals surface area (Å²) >= 11 is 1.18. The number of carbonyl (C=O) groups excluding carboxylic acids is 1. The standard InChI is InChI=1S/C7H7N3O2S/c1-2-12-6(11)5-9-13-7-8-3-4-10(5)7/h3-4H,2H2,1H3. The van der Waals surface area contributed by atoms with Crippen LogP contribution in [-0.2, 0) is 4.74 Å². The second-order valence-corrected chi connectivity index (χ2v) is 3.04. The van der Waals surface area contributed by atoms with Crippen LogP contribution in [0, 0.1) is 0 Å². The molecule has 0 radical (unpaired) electrons. The Hall–Kier alpha value is -1.43. The van der Waals surface area contributed by atoms with Crippen molar-refractivity contribution in [3.63, 3.8) is 0 Å². The van der Waals surface area contributed by atoms with Gasteiger partial charge >= 0.3 is 5.97 Å². The molecule has 0 aliphatic carbocycles. The van der Waals surface area contributed by atoms with Crippen LogP contribution in [0.5, 0.6) is 0 Å². The van der Waals surface area contributed by atoms with Crippen LogP contribution >= 0.6 is 11.5 Å². The summed E-state index contributed by atoms with van der Waals surface area (Å²) in [6, 6.07) is 0. The third-order valence-corrected chi connectivity index (χ3v) is 2.24. The van der Waals surface area contributed by atoms with Gasteiger partial charge < -0.3 is 4.74 Å². The first-order valence-corrected chi connectivity index (χ1v) is 4.56. The second kappa shape index (κ2) is 3.14. The average Bonchev–Trinajstić information content (AvgIpc) is 2.62. The molecule has 5 nitrogen and oxygen atoms in total. The fourth-order valence-electron chi connectivity index (χ4n) is 0.978. The Morgan fingerprint density at radius 2 is 2.62 bits per heavy atom. The highest BCUT2D eigenvalue weighted by molar-refractivity contribution is 7.11. The molecule has 0 aromatic carbocycles. The van der Waals surface area contributed by atoms with E-state index in [0.29, 0.717) is 17.4 Å². The van der Waals surface area contributed by atoms with E-state index in [-0.39, 0.29) is 0 Å². The molecule has 0 spiro atoms. The first-order chi connectivity index (χ1) is 6.33. The van der Waals surface area contributed by atoms with Crippen LogP contribution in [0.3, 0.4) is 0 Å². The van der Waals surface area contributed by atoms with Gasteiger partial charge in [-0.3, -0.25) is 4.40 Å². The number of esters is 1. The van der Waals surface area contributed by atoms with Crippen molar-refractivity contribution in [1.82, 2.24) is 13.8 Å². The van der Waals surface area contributed by atoms with Gasteiger partial charge in [0.25, 0.3) is 0 Å². The van der Waals surface area contributed by atoms with Crippen molar-refractivity contribution < 1.29 is 9.53 Å². The molecule has 2 aromatic rings. The Balaban J connectivity index is 2.42.